The van der Waals surface area contributed by atoms with E-state index in [2.05, 4.69) is 10.1 Å². The predicted octanol–water partition coefficient (Wildman–Crippen LogP) is 3.97. The molecule has 2 aromatic rings. The van der Waals surface area contributed by atoms with Crippen molar-refractivity contribution in [2.75, 3.05) is 12.4 Å². The summed E-state index contributed by atoms with van der Waals surface area (Å²) in [7, 11) is 1.24. The summed E-state index contributed by atoms with van der Waals surface area (Å²) in [5.74, 6) is -3.60. The molecule has 0 fully saturated rings. The highest BCUT2D eigenvalue weighted by atomic mass is 35.5. The summed E-state index contributed by atoms with van der Waals surface area (Å²) in [6.45, 7) is 1.62. The molecule has 0 aliphatic carbocycles. The Hall–Kier alpha value is -2.47. The molecule has 0 bridgehead atoms. The van der Waals surface area contributed by atoms with E-state index in [0.29, 0.717) is 17.3 Å². The third-order valence-corrected chi connectivity index (χ3v) is 3.55. The van der Waals surface area contributed by atoms with E-state index >= 15 is 0 Å². The highest BCUT2D eigenvalue weighted by molar-refractivity contribution is 6.34. The first-order valence-corrected chi connectivity index (χ1v) is 6.86. The number of carbonyl (C=O) groups excluding carboxylic acids is 2. The van der Waals surface area contributed by atoms with Crippen LogP contribution in [-0.2, 0) is 4.74 Å². The maximum absolute atomic E-state index is 13.3. The first-order chi connectivity index (χ1) is 10.8. The van der Waals surface area contributed by atoms with Crippen molar-refractivity contribution in [3.63, 3.8) is 0 Å². The second kappa shape index (κ2) is 6.75. The van der Waals surface area contributed by atoms with Crippen molar-refractivity contribution in [3.05, 3.63) is 63.7 Å². The zero-order valence-corrected chi connectivity index (χ0v) is 13.0. The minimum absolute atomic E-state index is 0.214. The Bertz CT molecular complexity index is 793. The van der Waals surface area contributed by atoms with Gasteiger partial charge in [-0.25, -0.2) is 13.6 Å². The van der Waals surface area contributed by atoms with Gasteiger partial charge in [-0.1, -0.05) is 17.7 Å². The molecule has 1 amide bonds. The van der Waals surface area contributed by atoms with Crippen LogP contribution >= 0.6 is 11.6 Å². The largest absolute Gasteiger partial charge is 0.465 e. The van der Waals surface area contributed by atoms with Crippen molar-refractivity contribution in [2.24, 2.45) is 0 Å². The van der Waals surface area contributed by atoms with E-state index in [4.69, 9.17) is 11.6 Å². The topological polar surface area (TPSA) is 55.4 Å². The van der Waals surface area contributed by atoms with Crippen LogP contribution in [0, 0.1) is 18.6 Å². The van der Waals surface area contributed by atoms with Crippen molar-refractivity contribution in [1.82, 2.24) is 0 Å². The van der Waals surface area contributed by atoms with Crippen molar-refractivity contribution in [2.45, 2.75) is 6.92 Å². The van der Waals surface area contributed by atoms with E-state index in [0.717, 1.165) is 6.07 Å². The van der Waals surface area contributed by atoms with Gasteiger partial charge in [0, 0.05) is 5.69 Å². The van der Waals surface area contributed by atoms with Crippen LogP contribution in [0.2, 0.25) is 5.02 Å². The Morgan fingerprint density at radius 2 is 1.78 bits per heavy atom. The van der Waals surface area contributed by atoms with E-state index < -0.39 is 23.5 Å². The van der Waals surface area contributed by atoms with Crippen LogP contribution in [0.5, 0.6) is 0 Å². The van der Waals surface area contributed by atoms with Crippen LogP contribution < -0.4 is 5.32 Å². The second-order valence-electron chi connectivity index (χ2n) is 4.67. The smallest absolute Gasteiger partial charge is 0.338 e. The minimum Gasteiger partial charge on any atom is -0.465 e. The molecule has 4 nitrogen and oxygen atoms in total. The maximum atomic E-state index is 13.3. The van der Waals surface area contributed by atoms with Gasteiger partial charge in [0.25, 0.3) is 5.91 Å². The third-order valence-electron chi connectivity index (χ3n) is 3.24. The lowest BCUT2D eigenvalue weighted by molar-refractivity contribution is 0.0599. The number of ether oxygens (including phenoxy) is 1. The van der Waals surface area contributed by atoms with Gasteiger partial charge in [-0.15, -0.1) is 0 Å². The van der Waals surface area contributed by atoms with Gasteiger partial charge in [0.15, 0.2) is 11.6 Å². The summed E-state index contributed by atoms with van der Waals surface area (Å²) in [6.07, 6.45) is 0. The second-order valence-corrected chi connectivity index (χ2v) is 5.08. The molecule has 120 valence electrons. The van der Waals surface area contributed by atoms with Crippen molar-refractivity contribution < 1.29 is 23.1 Å². The lowest BCUT2D eigenvalue weighted by Crippen LogP contribution is -2.15. The Labute approximate surface area is 136 Å². The van der Waals surface area contributed by atoms with E-state index in [1.54, 1.807) is 25.1 Å². The molecule has 0 spiro atoms. The molecule has 0 saturated carbocycles. The lowest BCUT2D eigenvalue weighted by Gasteiger charge is -2.12. The third kappa shape index (κ3) is 3.48. The number of hydrogen-bond acceptors (Lipinski definition) is 3. The fourth-order valence-electron chi connectivity index (χ4n) is 1.99. The first-order valence-electron chi connectivity index (χ1n) is 6.49. The Morgan fingerprint density at radius 3 is 2.43 bits per heavy atom. The lowest BCUT2D eigenvalue weighted by atomic mass is 10.1. The summed E-state index contributed by atoms with van der Waals surface area (Å²) in [5.41, 5.74) is 0.875. The standard InChI is InChI=1S/C16H12ClF2NO3/c1-8-9(16(22)23-2)4-3-5-14(8)20-15(21)10-6-12(18)13(19)7-11(10)17/h3-7H,1-2H3,(H,20,21). The molecule has 23 heavy (non-hydrogen) atoms. The molecule has 0 atom stereocenters. The number of nitrogens with one attached hydrogen (secondary N) is 1. The molecule has 0 aliphatic rings. The summed E-state index contributed by atoms with van der Waals surface area (Å²) in [5, 5.41) is 2.29. The molecule has 0 unspecified atom stereocenters. The number of anilines is 1. The SMILES string of the molecule is COC(=O)c1cccc(NC(=O)c2cc(F)c(F)cc2Cl)c1C. The molecule has 1 N–H and O–H groups in total. The van der Waals surface area contributed by atoms with Crippen LogP contribution in [0.4, 0.5) is 14.5 Å². The van der Waals surface area contributed by atoms with Crippen molar-refractivity contribution >= 4 is 29.2 Å². The molecule has 2 rings (SSSR count). The number of amides is 1. The molecule has 0 aromatic heterocycles. The van der Waals surface area contributed by atoms with Crippen molar-refractivity contribution in [1.29, 1.82) is 0 Å². The van der Waals surface area contributed by atoms with Crippen LogP contribution in [0.25, 0.3) is 0 Å². The average molecular weight is 340 g/mol. The van der Waals surface area contributed by atoms with Gasteiger partial charge >= 0.3 is 5.97 Å². The van der Waals surface area contributed by atoms with E-state index in [1.165, 1.54) is 7.11 Å². The minimum atomic E-state index is -1.18. The summed E-state index contributed by atoms with van der Waals surface area (Å²) >= 11 is 5.76. The van der Waals surface area contributed by atoms with E-state index in [-0.39, 0.29) is 16.1 Å². The normalized spacial score (nSPS) is 10.3. The van der Waals surface area contributed by atoms with Gasteiger partial charge in [0.1, 0.15) is 0 Å². The summed E-state index contributed by atoms with van der Waals surface area (Å²) in [4.78, 5) is 23.8. The molecule has 0 aliphatic heterocycles. The predicted molar refractivity (Wildman–Crippen MR) is 81.8 cm³/mol. The number of esters is 1. The van der Waals surface area contributed by atoms with Crippen molar-refractivity contribution in [3.8, 4) is 0 Å². The molecular weight excluding hydrogens is 328 g/mol. The number of carbonyl (C=O) groups is 2. The van der Waals surface area contributed by atoms with E-state index in [9.17, 15) is 18.4 Å². The maximum Gasteiger partial charge on any atom is 0.338 e. The van der Waals surface area contributed by atoms with E-state index in [1.807, 2.05) is 0 Å². The van der Waals surface area contributed by atoms with Gasteiger partial charge in [-0.2, -0.15) is 0 Å². The first kappa shape index (κ1) is 16.9. The Balaban J connectivity index is 2.35. The van der Waals surface area contributed by atoms with Gasteiger partial charge in [-0.05, 0) is 36.8 Å². The van der Waals surface area contributed by atoms with Crippen LogP contribution in [-0.4, -0.2) is 19.0 Å². The Morgan fingerprint density at radius 1 is 1.13 bits per heavy atom. The number of methoxy groups -OCH3 is 1. The zero-order valence-electron chi connectivity index (χ0n) is 12.2. The van der Waals surface area contributed by atoms with Gasteiger partial charge < -0.3 is 10.1 Å². The van der Waals surface area contributed by atoms with Gasteiger partial charge in [0.05, 0.1) is 23.3 Å². The summed E-state index contributed by atoms with van der Waals surface area (Å²) < 4.78 is 31.0. The molecule has 0 heterocycles. The molecular formula is C16H12ClF2NO3. The summed E-state index contributed by atoms with van der Waals surface area (Å²) in [6, 6.07) is 6.10. The number of halogens is 3. The molecule has 0 radical (unpaired) electrons. The van der Waals surface area contributed by atoms with Gasteiger partial charge in [-0.3, -0.25) is 4.79 Å². The van der Waals surface area contributed by atoms with Gasteiger partial charge in [0.2, 0.25) is 0 Å². The highest BCUT2D eigenvalue weighted by Gasteiger charge is 2.17. The Kier molecular flexibility index (Phi) is 4.95. The number of hydrogen-bond donors (Lipinski definition) is 1. The highest BCUT2D eigenvalue weighted by Crippen LogP contribution is 2.24. The quantitative estimate of drug-likeness (QED) is 0.680. The average Bonchev–Trinajstić information content (AvgIpc) is 2.52. The molecule has 0 saturated heterocycles. The fraction of sp³-hybridized carbons (Fsp3) is 0.125. The monoisotopic (exact) mass is 339 g/mol. The number of benzene rings is 2. The number of rotatable bonds is 3. The van der Waals surface area contributed by atoms with Crippen LogP contribution in [0.1, 0.15) is 26.3 Å². The van der Waals surface area contributed by atoms with Crippen LogP contribution in [0.3, 0.4) is 0 Å². The molecule has 2 aromatic carbocycles. The molecule has 7 heteroatoms. The zero-order chi connectivity index (χ0) is 17.1. The van der Waals surface area contributed by atoms with Crippen LogP contribution in [0.15, 0.2) is 30.3 Å². The fourth-order valence-corrected chi connectivity index (χ4v) is 2.22.